The van der Waals surface area contributed by atoms with E-state index in [1.807, 2.05) is 18.2 Å². The van der Waals surface area contributed by atoms with Crippen molar-refractivity contribution in [3.8, 4) is 5.75 Å². The molecule has 0 aliphatic carbocycles. The Labute approximate surface area is 258 Å². The molecule has 3 aromatic heterocycles. The Morgan fingerprint density at radius 2 is 1.98 bits per heavy atom. The predicted octanol–water partition coefficient (Wildman–Crippen LogP) is 6.50. The van der Waals surface area contributed by atoms with Crippen LogP contribution < -0.4 is 4.74 Å². The number of carbonyl (C=O) groups excluding carboxylic acids is 1. The van der Waals surface area contributed by atoms with Gasteiger partial charge in [-0.15, -0.1) is 0 Å². The molecule has 7 rings (SSSR count). The minimum Gasteiger partial charge on any atom is -0.487 e. The number of hydrogen-bond donors (Lipinski definition) is 0. The van der Waals surface area contributed by atoms with E-state index in [0.717, 1.165) is 61.4 Å². The number of benzene rings is 2. The average Bonchev–Trinajstić information content (AvgIpc) is 3.58. The fraction of sp³-hybridized carbons (Fsp3) is 0.364. The number of carbonyl (C=O) groups is 1. The first-order valence-electron chi connectivity index (χ1n) is 14.8. The number of hydrogen-bond acceptors (Lipinski definition) is 8. The lowest BCUT2D eigenvalue weighted by atomic mass is 9.89. The van der Waals surface area contributed by atoms with Crippen molar-refractivity contribution in [2.24, 2.45) is 0 Å². The molecule has 1 atom stereocenters. The Morgan fingerprint density at radius 1 is 1.14 bits per heavy atom. The lowest BCUT2D eigenvalue weighted by Gasteiger charge is -2.33. The van der Waals surface area contributed by atoms with Gasteiger partial charge in [0.2, 0.25) is 0 Å². The smallest absolute Gasteiger partial charge is 0.337 e. The third kappa shape index (κ3) is 5.65. The molecule has 0 spiro atoms. The van der Waals surface area contributed by atoms with E-state index in [1.165, 1.54) is 13.2 Å². The summed E-state index contributed by atoms with van der Waals surface area (Å²) in [7, 11) is 1.39. The van der Waals surface area contributed by atoms with Crippen LogP contribution in [0, 0.1) is 6.01 Å². The molecule has 0 N–H and O–H groups in total. The van der Waals surface area contributed by atoms with Crippen LogP contribution in [0.4, 0.5) is 4.39 Å². The molecule has 0 unspecified atom stereocenters. The number of aromatic nitrogens is 3. The van der Waals surface area contributed by atoms with Gasteiger partial charge in [-0.2, -0.15) is 4.39 Å². The molecule has 2 saturated heterocycles. The zero-order valence-electron chi connectivity index (χ0n) is 24.3. The number of pyridine rings is 1. The third-order valence-electron chi connectivity index (χ3n) is 8.70. The Morgan fingerprint density at radius 3 is 2.75 bits per heavy atom. The first kappa shape index (κ1) is 28.8. The van der Waals surface area contributed by atoms with Crippen LogP contribution >= 0.6 is 11.6 Å². The Kier molecular flexibility index (Phi) is 7.97. The van der Waals surface area contributed by atoms with Crippen molar-refractivity contribution in [1.29, 1.82) is 0 Å². The fourth-order valence-corrected chi connectivity index (χ4v) is 6.41. The van der Waals surface area contributed by atoms with Gasteiger partial charge in [-0.1, -0.05) is 17.7 Å². The molecule has 5 heterocycles. The largest absolute Gasteiger partial charge is 0.487 e. The molecule has 2 aliphatic rings. The molecule has 0 radical (unpaired) electrons. The number of ether oxygens (including phenoxy) is 3. The number of likely N-dealkylation sites (tertiary alicyclic amines) is 1. The van der Waals surface area contributed by atoms with Gasteiger partial charge in [-0.25, -0.2) is 9.78 Å². The first-order valence-corrected chi connectivity index (χ1v) is 15.2. The topological polar surface area (TPSA) is 91.9 Å². The van der Waals surface area contributed by atoms with E-state index in [-0.39, 0.29) is 18.7 Å². The molecule has 5 aromatic rings. The van der Waals surface area contributed by atoms with Crippen molar-refractivity contribution in [1.82, 2.24) is 19.4 Å². The Balaban J connectivity index is 1.05. The summed E-state index contributed by atoms with van der Waals surface area (Å²) in [6.45, 7) is 4.18. The van der Waals surface area contributed by atoms with E-state index in [1.54, 1.807) is 30.6 Å². The maximum absolute atomic E-state index is 13.8. The van der Waals surface area contributed by atoms with Crippen LogP contribution in [-0.4, -0.2) is 58.3 Å². The molecule has 2 aliphatic heterocycles. The van der Waals surface area contributed by atoms with Crippen molar-refractivity contribution in [3.63, 3.8) is 0 Å². The summed E-state index contributed by atoms with van der Waals surface area (Å²) >= 11 is 6.22. The average molecular weight is 619 g/mol. The number of halogens is 2. The quantitative estimate of drug-likeness (QED) is 0.173. The summed E-state index contributed by atoms with van der Waals surface area (Å²) in [5.74, 6) is 1.62. The second-order valence-corrected chi connectivity index (χ2v) is 11.8. The highest BCUT2D eigenvalue weighted by atomic mass is 35.5. The molecule has 44 heavy (non-hydrogen) atoms. The molecule has 228 valence electrons. The molecule has 2 aromatic carbocycles. The highest BCUT2D eigenvalue weighted by molar-refractivity contribution is 6.35. The number of furan rings is 1. The van der Waals surface area contributed by atoms with Gasteiger partial charge in [0.25, 0.3) is 6.01 Å². The highest BCUT2D eigenvalue weighted by Crippen LogP contribution is 2.36. The summed E-state index contributed by atoms with van der Waals surface area (Å²) in [5, 5.41) is 0.963. The van der Waals surface area contributed by atoms with Crippen molar-refractivity contribution >= 4 is 39.6 Å². The number of piperidine rings is 1. The zero-order valence-corrected chi connectivity index (χ0v) is 25.1. The number of esters is 1. The van der Waals surface area contributed by atoms with Gasteiger partial charge in [-0.3, -0.25) is 9.88 Å². The van der Waals surface area contributed by atoms with Crippen LogP contribution in [0.2, 0.25) is 5.02 Å². The number of fused-ring (bicyclic) bond motifs is 2. The van der Waals surface area contributed by atoms with Crippen LogP contribution in [0.25, 0.3) is 22.0 Å². The summed E-state index contributed by atoms with van der Waals surface area (Å²) < 4.78 is 38.2. The molecular formula is C33H32ClFN4O5. The van der Waals surface area contributed by atoms with E-state index in [2.05, 4.69) is 14.5 Å². The number of imidazole rings is 1. The van der Waals surface area contributed by atoms with Gasteiger partial charge in [0.15, 0.2) is 0 Å². The molecular weight excluding hydrogens is 587 g/mol. The van der Waals surface area contributed by atoms with Crippen LogP contribution in [0.1, 0.15) is 52.5 Å². The van der Waals surface area contributed by atoms with E-state index < -0.39 is 6.01 Å². The minimum atomic E-state index is -0.680. The minimum absolute atomic E-state index is 0.152. The van der Waals surface area contributed by atoms with Crippen molar-refractivity contribution in [2.45, 2.75) is 51.0 Å². The number of methoxy groups -OCH3 is 1. The van der Waals surface area contributed by atoms with Crippen LogP contribution in [0.3, 0.4) is 0 Å². The fourth-order valence-electron chi connectivity index (χ4n) is 6.21. The molecule has 2 fully saturated rings. The second kappa shape index (κ2) is 12.2. The zero-order chi connectivity index (χ0) is 30.2. The highest BCUT2D eigenvalue weighted by Gasteiger charge is 2.27. The van der Waals surface area contributed by atoms with Gasteiger partial charge in [-0.05, 0) is 68.6 Å². The molecule has 9 nitrogen and oxygen atoms in total. The monoisotopic (exact) mass is 618 g/mol. The summed E-state index contributed by atoms with van der Waals surface area (Å²) in [5.41, 5.74) is 4.50. The summed E-state index contributed by atoms with van der Waals surface area (Å²) in [4.78, 5) is 23.9. The lowest BCUT2D eigenvalue weighted by molar-refractivity contribution is -0.0592. The van der Waals surface area contributed by atoms with Gasteiger partial charge in [0, 0.05) is 35.4 Å². The second-order valence-electron chi connectivity index (χ2n) is 11.4. The van der Waals surface area contributed by atoms with Crippen molar-refractivity contribution in [2.75, 3.05) is 26.8 Å². The van der Waals surface area contributed by atoms with E-state index in [9.17, 15) is 9.18 Å². The molecule has 11 heteroatoms. The number of nitrogens with zero attached hydrogens (tertiary/aromatic N) is 4. The third-order valence-corrected chi connectivity index (χ3v) is 9.03. The van der Waals surface area contributed by atoms with E-state index in [0.29, 0.717) is 51.9 Å². The number of rotatable bonds is 9. The molecule has 0 saturated carbocycles. The first-order chi connectivity index (χ1) is 21.5. The maximum Gasteiger partial charge on any atom is 0.337 e. The summed E-state index contributed by atoms with van der Waals surface area (Å²) in [6, 6.07) is 11.7. The van der Waals surface area contributed by atoms with Crippen molar-refractivity contribution in [3.05, 3.63) is 88.4 Å². The lowest BCUT2D eigenvalue weighted by Crippen LogP contribution is -2.35. The van der Waals surface area contributed by atoms with E-state index >= 15 is 0 Å². The predicted molar refractivity (Wildman–Crippen MR) is 162 cm³/mol. The SMILES string of the molecule is COC(=O)c1ccc2nc(CN3CCC(c4ccncc4OCc4ccc(Cl)c5cc(F)oc45)CC3)n(C[C@@H]3CCO3)c2c1. The van der Waals surface area contributed by atoms with Gasteiger partial charge in [0.1, 0.15) is 23.8 Å². The van der Waals surface area contributed by atoms with Crippen LogP contribution in [-0.2, 0) is 29.2 Å². The molecule has 0 amide bonds. The normalized spacial score (nSPS) is 17.7. The Hall–Kier alpha value is -3.99. The van der Waals surface area contributed by atoms with Crippen molar-refractivity contribution < 1.29 is 27.8 Å². The van der Waals surface area contributed by atoms with Gasteiger partial charge < -0.3 is 23.2 Å². The van der Waals surface area contributed by atoms with Crippen LogP contribution in [0.15, 0.2) is 59.3 Å². The maximum atomic E-state index is 13.8. The standard InChI is InChI=1S/C33H32ClFN4O5/c1-41-33(40)21-3-5-27-28(14-21)39(17-23-9-13-42-23)31(37-27)18-38-11-7-20(8-12-38)24-6-10-36-16-29(24)43-19-22-2-4-26(34)25-15-30(35)44-32(22)25/h2-6,10,14-16,20,23H,7-9,11-13,17-19H2,1H3/t23-/m0/s1. The summed E-state index contributed by atoms with van der Waals surface area (Å²) in [6.07, 6.45) is 6.61. The Bertz CT molecular complexity index is 1830. The van der Waals surface area contributed by atoms with Crippen LogP contribution in [0.5, 0.6) is 5.75 Å². The van der Waals surface area contributed by atoms with Gasteiger partial charge >= 0.3 is 5.97 Å². The molecule has 0 bridgehead atoms. The van der Waals surface area contributed by atoms with E-state index in [4.69, 9.17) is 35.2 Å². The van der Waals surface area contributed by atoms with Gasteiger partial charge in [0.05, 0.1) is 54.1 Å².